The highest BCUT2D eigenvalue weighted by molar-refractivity contribution is 5.56. The maximum atomic E-state index is 14.2. The van der Waals surface area contributed by atoms with Crippen LogP contribution < -0.4 is 4.90 Å². The van der Waals surface area contributed by atoms with Gasteiger partial charge in [0, 0.05) is 18.2 Å². The molecule has 0 aliphatic rings. The van der Waals surface area contributed by atoms with Crippen molar-refractivity contribution in [2.45, 2.75) is 59.1 Å². The highest BCUT2D eigenvalue weighted by atomic mass is 19.1. The molecule has 2 nitrogen and oxygen atoms in total. The number of rotatable bonds is 7. The van der Waals surface area contributed by atoms with Crippen LogP contribution in [0.1, 0.15) is 58.6 Å². The molecule has 0 aliphatic heterocycles. The van der Waals surface area contributed by atoms with Gasteiger partial charge in [-0.2, -0.15) is 0 Å². The molecule has 1 N–H and O–H groups in total. The minimum Gasteiger partial charge on any atom is -0.389 e. The van der Waals surface area contributed by atoms with Gasteiger partial charge in [0.25, 0.3) is 0 Å². The maximum absolute atomic E-state index is 14.2. The van der Waals surface area contributed by atoms with E-state index in [1.807, 2.05) is 6.07 Å². The smallest absolute Gasteiger partial charge is 0.146 e. The van der Waals surface area contributed by atoms with Gasteiger partial charge in [-0.25, -0.2) is 4.39 Å². The standard InChI is InChI=1S/C16H26FNO/c1-5-7-11-18(12(3)6-2)16-14(13(4)19)9-8-10-15(16)17/h8-10,12-13,19H,5-7,11H2,1-4H3/t12?,13-/m0/s1. The summed E-state index contributed by atoms with van der Waals surface area (Å²) in [7, 11) is 0. The van der Waals surface area contributed by atoms with Crippen molar-refractivity contribution in [3.8, 4) is 0 Å². The van der Waals surface area contributed by atoms with Crippen molar-refractivity contribution in [2.24, 2.45) is 0 Å². The largest absolute Gasteiger partial charge is 0.389 e. The van der Waals surface area contributed by atoms with E-state index in [4.69, 9.17) is 0 Å². The Bertz CT molecular complexity index is 392. The van der Waals surface area contributed by atoms with Crippen LogP contribution in [0.5, 0.6) is 0 Å². The summed E-state index contributed by atoms with van der Waals surface area (Å²) >= 11 is 0. The maximum Gasteiger partial charge on any atom is 0.146 e. The van der Waals surface area contributed by atoms with E-state index in [0.717, 1.165) is 25.8 Å². The SMILES string of the molecule is CCCCN(c1c(F)cccc1[C@H](C)O)C(C)CC. The van der Waals surface area contributed by atoms with Crippen LogP contribution in [0, 0.1) is 5.82 Å². The van der Waals surface area contributed by atoms with Gasteiger partial charge in [0.2, 0.25) is 0 Å². The molecular weight excluding hydrogens is 241 g/mol. The normalized spacial score (nSPS) is 14.2. The number of aliphatic hydroxyl groups excluding tert-OH is 1. The van der Waals surface area contributed by atoms with Crippen LogP contribution in [0.15, 0.2) is 18.2 Å². The lowest BCUT2D eigenvalue weighted by atomic mass is 10.0. The molecule has 0 spiro atoms. The van der Waals surface area contributed by atoms with Crippen molar-refractivity contribution in [3.05, 3.63) is 29.6 Å². The first-order valence-electron chi connectivity index (χ1n) is 7.26. The van der Waals surface area contributed by atoms with Crippen LogP contribution in [-0.4, -0.2) is 17.7 Å². The second-order valence-electron chi connectivity index (χ2n) is 5.16. The van der Waals surface area contributed by atoms with Gasteiger partial charge < -0.3 is 10.0 Å². The summed E-state index contributed by atoms with van der Waals surface area (Å²) in [4.78, 5) is 2.10. The monoisotopic (exact) mass is 267 g/mol. The van der Waals surface area contributed by atoms with E-state index in [1.165, 1.54) is 6.07 Å². The average Bonchev–Trinajstić information content (AvgIpc) is 2.39. The van der Waals surface area contributed by atoms with E-state index in [-0.39, 0.29) is 11.9 Å². The van der Waals surface area contributed by atoms with E-state index < -0.39 is 6.10 Å². The van der Waals surface area contributed by atoms with Crippen LogP contribution in [0.25, 0.3) is 0 Å². The van der Waals surface area contributed by atoms with E-state index in [1.54, 1.807) is 13.0 Å². The van der Waals surface area contributed by atoms with Gasteiger partial charge in [-0.05, 0) is 32.8 Å². The van der Waals surface area contributed by atoms with Crippen LogP contribution in [0.4, 0.5) is 10.1 Å². The molecule has 108 valence electrons. The first kappa shape index (κ1) is 16.0. The summed E-state index contributed by atoms with van der Waals surface area (Å²) in [6.07, 6.45) is 2.40. The third kappa shape index (κ3) is 3.93. The second kappa shape index (κ2) is 7.49. The summed E-state index contributed by atoms with van der Waals surface area (Å²) in [6, 6.07) is 5.21. The summed E-state index contributed by atoms with van der Waals surface area (Å²) in [5.41, 5.74) is 1.25. The molecule has 1 rings (SSSR count). The minimum absolute atomic E-state index is 0.241. The number of para-hydroxylation sites is 1. The quantitative estimate of drug-likeness (QED) is 0.797. The number of unbranched alkanes of at least 4 members (excludes halogenated alkanes) is 1. The molecule has 19 heavy (non-hydrogen) atoms. The molecule has 3 heteroatoms. The van der Waals surface area contributed by atoms with E-state index in [2.05, 4.69) is 25.7 Å². The summed E-state index contributed by atoms with van der Waals surface area (Å²) in [5, 5.41) is 9.86. The molecule has 0 radical (unpaired) electrons. The molecule has 0 bridgehead atoms. The number of aliphatic hydroxyl groups is 1. The summed E-state index contributed by atoms with van der Waals surface area (Å²) < 4.78 is 14.2. The average molecular weight is 267 g/mol. The highest BCUT2D eigenvalue weighted by Crippen LogP contribution is 2.31. The Balaban J connectivity index is 3.20. The van der Waals surface area contributed by atoms with Gasteiger partial charge in [-0.15, -0.1) is 0 Å². The topological polar surface area (TPSA) is 23.5 Å². The first-order valence-corrected chi connectivity index (χ1v) is 7.26. The van der Waals surface area contributed by atoms with Gasteiger partial charge in [0.15, 0.2) is 0 Å². The lowest BCUT2D eigenvalue weighted by Crippen LogP contribution is -2.35. The number of nitrogens with zero attached hydrogens (tertiary/aromatic N) is 1. The van der Waals surface area contributed by atoms with Crippen molar-refractivity contribution in [3.63, 3.8) is 0 Å². The Morgan fingerprint density at radius 3 is 2.47 bits per heavy atom. The van der Waals surface area contributed by atoms with Crippen LogP contribution in [0.2, 0.25) is 0 Å². The fourth-order valence-corrected chi connectivity index (χ4v) is 2.27. The van der Waals surface area contributed by atoms with Crippen molar-refractivity contribution in [2.75, 3.05) is 11.4 Å². The number of hydrogen-bond acceptors (Lipinski definition) is 2. The van der Waals surface area contributed by atoms with Crippen LogP contribution >= 0.6 is 0 Å². The zero-order valence-corrected chi connectivity index (χ0v) is 12.5. The first-order chi connectivity index (χ1) is 9.02. The predicted octanol–water partition coefficient (Wildman–Crippen LogP) is 4.28. The lowest BCUT2D eigenvalue weighted by molar-refractivity contribution is 0.199. The zero-order valence-electron chi connectivity index (χ0n) is 12.5. The Labute approximate surface area is 116 Å². The van der Waals surface area contributed by atoms with Gasteiger partial charge in [0.1, 0.15) is 5.82 Å². The van der Waals surface area contributed by atoms with Gasteiger partial charge >= 0.3 is 0 Å². The fraction of sp³-hybridized carbons (Fsp3) is 0.625. The molecular formula is C16H26FNO. The Morgan fingerprint density at radius 2 is 1.95 bits per heavy atom. The van der Waals surface area contributed by atoms with Gasteiger partial charge in [-0.3, -0.25) is 0 Å². The Kier molecular flexibility index (Phi) is 6.29. The molecule has 1 aromatic carbocycles. The van der Waals surface area contributed by atoms with Crippen LogP contribution in [-0.2, 0) is 0 Å². The molecule has 0 aromatic heterocycles. The molecule has 0 saturated carbocycles. The molecule has 0 aliphatic carbocycles. The molecule has 0 heterocycles. The summed E-state index contributed by atoms with van der Waals surface area (Å²) in [6.45, 7) is 8.85. The summed E-state index contributed by atoms with van der Waals surface area (Å²) in [5.74, 6) is -0.241. The highest BCUT2D eigenvalue weighted by Gasteiger charge is 2.21. The van der Waals surface area contributed by atoms with Crippen LogP contribution in [0.3, 0.4) is 0 Å². The molecule has 1 unspecified atom stereocenters. The van der Waals surface area contributed by atoms with Crippen molar-refractivity contribution in [1.29, 1.82) is 0 Å². The molecule has 0 saturated heterocycles. The van der Waals surface area contributed by atoms with E-state index in [9.17, 15) is 9.50 Å². The van der Waals surface area contributed by atoms with Gasteiger partial charge in [0.05, 0.1) is 11.8 Å². The molecule has 1 aromatic rings. The second-order valence-corrected chi connectivity index (χ2v) is 5.16. The van der Waals surface area contributed by atoms with Crippen molar-refractivity contribution < 1.29 is 9.50 Å². The Hall–Kier alpha value is -1.09. The van der Waals surface area contributed by atoms with E-state index in [0.29, 0.717) is 11.3 Å². The molecule has 0 amide bonds. The van der Waals surface area contributed by atoms with Crippen molar-refractivity contribution in [1.82, 2.24) is 0 Å². The van der Waals surface area contributed by atoms with Crippen molar-refractivity contribution >= 4 is 5.69 Å². The molecule has 2 atom stereocenters. The zero-order chi connectivity index (χ0) is 14.4. The predicted molar refractivity (Wildman–Crippen MR) is 79.0 cm³/mol. The number of anilines is 1. The van der Waals surface area contributed by atoms with E-state index >= 15 is 0 Å². The third-order valence-corrected chi connectivity index (χ3v) is 3.63. The van der Waals surface area contributed by atoms with Gasteiger partial charge in [-0.1, -0.05) is 32.4 Å². The lowest BCUT2D eigenvalue weighted by Gasteiger charge is -2.33. The molecule has 0 fully saturated rings. The number of hydrogen-bond donors (Lipinski definition) is 1. The third-order valence-electron chi connectivity index (χ3n) is 3.63. The number of benzene rings is 1. The Morgan fingerprint density at radius 1 is 1.26 bits per heavy atom. The fourth-order valence-electron chi connectivity index (χ4n) is 2.27. The number of halogens is 1. The minimum atomic E-state index is -0.654.